The average molecular weight is 415 g/mol. The fourth-order valence-corrected chi connectivity index (χ4v) is 4.18. The Morgan fingerprint density at radius 2 is 1.29 bits per heavy atom. The largest absolute Gasteiger partial charge is 0.339 e. The van der Waals surface area contributed by atoms with E-state index in [9.17, 15) is 15.3 Å². The van der Waals surface area contributed by atoms with Gasteiger partial charge in [-0.05, 0) is 73.4 Å². The second-order valence-corrected chi connectivity index (χ2v) is 9.62. The predicted octanol–water partition coefficient (Wildman–Crippen LogP) is 5.22. The number of rotatable bonds is 2. The van der Waals surface area contributed by atoms with Crippen LogP contribution in [0.25, 0.3) is 12.2 Å². The van der Waals surface area contributed by atoms with E-state index >= 15 is 0 Å². The molecule has 5 heteroatoms. The number of nitrogens with zero attached hydrogens (tertiary/aromatic N) is 4. The van der Waals surface area contributed by atoms with Crippen LogP contribution in [0, 0.1) is 47.8 Å². The summed E-state index contributed by atoms with van der Waals surface area (Å²) in [6.07, 6.45) is 5.35. The second-order valence-electron chi connectivity index (χ2n) is 9.62. The first-order valence-electron chi connectivity index (χ1n) is 10.6. The third-order valence-electron chi connectivity index (χ3n) is 6.78. The lowest BCUT2D eigenvalue weighted by atomic mass is 9.68. The van der Waals surface area contributed by atoms with Gasteiger partial charge in [0.05, 0.1) is 0 Å². The first kappa shape index (κ1) is 22.4. The molecule has 0 N–H and O–H groups in total. The number of ketones is 1. The van der Waals surface area contributed by atoms with Crippen molar-refractivity contribution >= 4 is 17.9 Å². The minimum atomic E-state index is 0.0476. The lowest BCUT2D eigenvalue weighted by molar-refractivity contribution is -0.113. The minimum Gasteiger partial charge on any atom is -0.339 e. The summed E-state index contributed by atoms with van der Waals surface area (Å²) in [7, 11) is 3.74. The zero-order valence-electron chi connectivity index (χ0n) is 19.5. The molecule has 0 spiro atoms. The number of Topliss-reactive ketones (excluding diaryl/α,β-unsaturated/α-hetero) is 1. The third-order valence-corrected chi connectivity index (χ3v) is 6.78. The molecule has 0 saturated heterocycles. The van der Waals surface area contributed by atoms with Crippen LogP contribution in [0.1, 0.15) is 67.5 Å². The van der Waals surface area contributed by atoms with Crippen LogP contribution in [0.5, 0.6) is 0 Å². The fraction of sp³-hybridized carbons (Fsp3) is 0.423. The smallest absolute Gasteiger partial charge is 0.185 e. The van der Waals surface area contributed by atoms with E-state index in [2.05, 4.69) is 32.9 Å². The molecule has 3 rings (SSSR count). The highest BCUT2D eigenvalue weighted by Gasteiger charge is 2.34. The summed E-state index contributed by atoms with van der Waals surface area (Å²) in [5.41, 5.74) is 6.55. The van der Waals surface area contributed by atoms with Gasteiger partial charge in [0.25, 0.3) is 0 Å². The standard InChI is InChI=1S/C26H30N4O/c1-16-18(12-23(14-27)29(16)6)8-20-10-22(26(3,4)5)11-21(25(20)31)9-19-13-24(15-28)30(7)17(19)2/h8-9,12-13,22H,10-11H2,1-7H3. The van der Waals surface area contributed by atoms with Crippen molar-refractivity contribution in [3.8, 4) is 12.1 Å². The van der Waals surface area contributed by atoms with Crippen molar-refractivity contribution in [2.45, 2.75) is 47.5 Å². The molecule has 0 amide bonds. The van der Waals surface area contributed by atoms with Crippen LogP contribution >= 0.6 is 0 Å². The van der Waals surface area contributed by atoms with Gasteiger partial charge in [-0.3, -0.25) is 4.79 Å². The van der Waals surface area contributed by atoms with E-state index in [1.54, 1.807) is 0 Å². The van der Waals surface area contributed by atoms with Crippen LogP contribution < -0.4 is 0 Å². The molecule has 0 unspecified atom stereocenters. The quantitative estimate of drug-likeness (QED) is 0.633. The number of aromatic nitrogens is 2. The lowest BCUT2D eigenvalue weighted by Crippen LogP contribution is -2.29. The molecule has 0 aromatic carbocycles. The Morgan fingerprint density at radius 1 is 0.903 bits per heavy atom. The van der Waals surface area contributed by atoms with Crippen molar-refractivity contribution in [3.63, 3.8) is 0 Å². The SMILES string of the molecule is Cc1c(C=C2CC(C(C)(C)C)CC(=Cc3cc(C#N)n(C)c3C)C2=O)cc(C#N)n1C. The van der Waals surface area contributed by atoms with Crippen LogP contribution in [-0.2, 0) is 18.9 Å². The van der Waals surface area contributed by atoms with E-state index in [4.69, 9.17) is 0 Å². The molecule has 2 aromatic rings. The van der Waals surface area contributed by atoms with Crippen LogP contribution in [-0.4, -0.2) is 14.9 Å². The lowest BCUT2D eigenvalue weighted by Gasteiger charge is -2.35. The molecule has 1 fully saturated rings. The van der Waals surface area contributed by atoms with E-state index in [0.717, 1.165) is 33.7 Å². The number of hydrogen-bond donors (Lipinski definition) is 0. The van der Waals surface area contributed by atoms with Crippen molar-refractivity contribution in [3.05, 3.63) is 57.2 Å². The molecular weight excluding hydrogens is 384 g/mol. The zero-order valence-corrected chi connectivity index (χ0v) is 19.5. The molecular formula is C26H30N4O. The van der Waals surface area contributed by atoms with Gasteiger partial charge in [0.1, 0.15) is 23.5 Å². The highest BCUT2D eigenvalue weighted by Crippen LogP contribution is 2.42. The molecule has 0 radical (unpaired) electrons. The molecule has 0 bridgehead atoms. The van der Waals surface area contributed by atoms with Crippen LogP contribution in [0.15, 0.2) is 23.3 Å². The van der Waals surface area contributed by atoms with Crippen molar-refractivity contribution in [1.82, 2.24) is 9.13 Å². The van der Waals surface area contributed by atoms with Crippen molar-refractivity contribution in [2.24, 2.45) is 25.4 Å². The van der Waals surface area contributed by atoms with Gasteiger partial charge in [0.15, 0.2) is 5.78 Å². The Labute approximate surface area is 184 Å². The maximum absolute atomic E-state index is 13.5. The topological polar surface area (TPSA) is 74.5 Å². The molecule has 1 aliphatic rings. The second kappa shape index (κ2) is 8.08. The van der Waals surface area contributed by atoms with Gasteiger partial charge in [0.2, 0.25) is 0 Å². The van der Waals surface area contributed by atoms with Gasteiger partial charge in [-0.1, -0.05) is 20.8 Å². The maximum Gasteiger partial charge on any atom is 0.185 e. The predicted molar refractivity (Wildman–Crippen MR) is 123 cm³/mol. The molecule has 2 heterocycles. The van der Waals surface area contributed by atoms with Gasteiger partial charge in [0, 0.05) is 36.6 Å². The maximum atomic E-state index is 13.5. The third kappa shape index (κ3) is 4.14. The van der Waals surface area contributed by atoms with Gasteiger partial charge in [-0.15, -0.1) is 0 Å². The highest BCUT2D eigenvalue weighted by atomic mass is 16.1. The van der Waals surface area contributed by atoms with Crippen LogP contribution in [0.2, 0.25) is 0 Å². The van der Waals surface area contributed by atoms with E-state index in [-0.39, 0.29) is 11.2 Å². The normalized spacial score (nSPS) is 19.6. The van der Waals surface area contributed by atoms with Gasteiger partial charge in [-0.2, -0.15) is 10.5 Å². The number of carbonyl (C=O) groups is 1. The molecule has 0 aliphatic heterocycles. The summed E-state index contributed by atoms with van der Waals surface area (Å²) in [5, 5.41) is 18.7. The zero-order chi connectivity index (χ0) is 23.1. The monoisotopic (exact) mass is 414 g/mol. The van der Waals surface area contributed by atoms with Gasteiger partial charge >= 0.3 is 0 Å². The van der Waals surface area contributed by atoms with Crippen molar-refractivity contribution in [2.75, 3.05) is 0 Å². The first-order chi connectivity index (χ1) is 14.5. The Balaban J connectivity index is 2.11. The number of nitriles is 2. The Kier molecular flexibility index (Phi) is 5.83. The average Bonchev–Trinajstić information content (AvgIpc) is 3.14. The molecule has 1 aliphatic carbocycles. The highest BCUT2D eigenvalue weighted by molar-refractivity contribution is 6.14. The summed E-state index contributed by atoms with van der Waals surface area (Å²) in [5.74, 6) is 0.380. The fourth-order valence-electron chi connectivity index (χ4n) is 4.18. The number of allylic oxidation sites excluding steroid dienone is 2. The van der Waals surface area contributed by atoms with E-state index < -0.39 is 0 Å². The molecule has 1 saturated carbocycles. The van der Waals surface area contributed by atoms with Gasteiger partial charge in [-0.25, -0.2) is 0 Å². The number of carbonyl (C=O) groups excluding carboxylic acids is 1. The Morgan fingerprint density at radius 3 is 1.58 bits per heavy atom. The first-order valence-corrected chi connectivity index (χ1v) is 10.6. The summed E-state index contributed by atoms with van der Waals surface area (Å²) in [6, 6.07) is 8.11. The molecule has 160 valence electrons. The number of hydrogen-bond acceptors (Lipinski definition) is 3. The summed E-state index contributed by atoms with van der Waals surface area (Å²) in [4.78, 5) is 13.5. The van der Waals surface area contributed by atoms with Crippen molar-refractivity contribution in [1.29, 1.82) is 10.5 Å². The van der Waals surface area contributed by atoms with E-state index in [1.807, 2.05) is 61.4 Å². The Hall–Kier alpha value is -3.31. The van der Waals surface area contributed by atoms with Crippen LogP contribution in [0.4, 0.5) is 0 Å². The molecule has 0 atom stereocenters. The van der Waals surface area contributed by atoms with Crippen LogP contribution in [0.3, 0.4) is 0 Å². The molecule has 2 aromatic heterocycles. The van der Waals surface area contributed by atoms with E-state index in [0.29, 0.717) is 30.1 Å². The van der Waals surface area contributed by atoms with Crippen molar-refractivity contribution < 1.29 is 4.79 Å². The molecule has 31 heavy (non-hydrogen) atoms. The summed E-state index contributed by atoms with van der Waals surface area (Å²) in [6.45, 7) is 10.6. The molecule has 5 nitrogen and oxygen atoms in total. The summed E-state index contributed by atoms with van der Waals surface area (Å²) < 4.78 is 3.71. The minimum absolute atomic E-state index is 0.0476. The van der Waals surface area contributed by atoms with Gasteiger partial charge < -0.3 is 9.13 Å². The summed E-state index contributed by atoms with van der Waals surface area (Å²) >= 11 is 0. The Bertz CT molecular complexity index is 1110. The van der Waals surface area contributed by atoms with E-state index in [1.165, 1.54) is 0 Å².